The van der Waals surface area contributed by atoms with Crippen LogP contribution in [0, 0.1) is 6.92 Å². The SMILES string of the molecule is Cc1ccccc1-c1cc2c(cc1Cc1cc3c4ccccc4c(=O)n4c5ccccc5c(c1)c34)C(C)(C)c1ccc(-c3ccc4c(c3)c(=O)n3c5ccccc5c5cc(-c6ccc7sc8ccccc8c7c6)cc4c53)cc1-2. The van der Waals surface area contributed by atoms with E-state index in [-0.39, 0.29) is 16.5 Å². The van der Waals surface area contributed by atoms with E-state index in [1.54, 1.807) is 0 Å². The Morgan fingerprint density at radius 3 is 1.64 bits per heavy atom. The van der Waals surface area contributed by atoms with Crippen LogP contribution in [0.5, 0.6) is 0 Å². The number of aryl methyl sites for hydroxylation is 1. The van der Waals surface area contributed by atoms with Crippen LogP contribution in [0.15, 0.2) is 222 Å². The lowest BCUT2D eigenvalue weighted by Crippen LogP contribution is -2.15. The first kappa shape index (κ1) is 43.8. The Hall–Kier alpha value is -9.42. The molecule has 0 fully saturated rings. The second-order valence-electron chi connectivity index (χ2n) is 22.3. The molecule has 1 aliphatic carbocycles. The van der Waals surface area contributed by atoms with Gasteiger partial charge in [-0.3, -0.25) is 18.4 Å². The summed E-state index contributed by atoms with van der Waals surface area (Å²) in [4.78, 5) is 29.3. The zero-order valence-electron chi connectivity index (χ0n) is 43.0. The van der Waals surface area contributed by atoms with Gasteiger partial charge in [0, 0.05) is 68.7 Å². The number of thiophene rings is 1. The number of benzene rings is 11. The zero-order valence-corrected chi connectivity index (χ0v) is 43.9. The third-order valence-corrected chi connectivity index (χ3v) is 18.9. The molecule has 5 aromatic heterocycles. The van der Waals surface area contributed by atoms with Crippen molar-refractivity contribution in [2.75, 3.05) is 0 Å². The lowest BCUT2D eigenvalue weighted by atomic mass is 9.80. The summed E-state index contributed by atoms with van der Waals surface area (Å²) in [5.74, 6) is 0. The number of rotatable bonds is 5. The molecule has 16 aromatic rings. The number of nitrogens with zero attached hydrogens (tertiary/aromatic N) is 2. The molecular formula is C73H46N2O2S. The lowest BCUT2D eigenvalue weighted by Gasteiger charge is -2.23. The van der Waals surface area contributed by atoms with Crippen molar-refractivity contribution in [1.82, 2.24) is 8.80 Å². The van der Waals surface area contributed by atoms with Gasteiger partial charge in [0.2, 0.25) is 0 Å². The summed E-state index contributed by atoms with van der Waals surface area (Å²) in [5, 5.41) is 12.5. The molecule has 5 heteroatoms. The predicted molar refractivity (Wildman–Crippen MR) is 329 cm³/mol. The third kappa shape index (κ3) is 5.89. The van der Waals surface area contributed by atoms with Crippen molar-refractivity contribution in [1.29, 1.82) is 0 Å². The van der Waals surface area contributed by atoms with Gasteiger partial charge in [0.25, 0.3) is 11.1 Å². The summed E-state index contributed by atoms with van der Waals surface area (Å²) >= 11 is 1.84. The third-order valence-electron chi connectivity index (χ3n) is 17.8. The number of hydrogen-bond donors (Lipinski definition) is 0. The maximum absolute atomic E-state index is 15.1. The molecule has 0 N–H and O–H groups in total. The summed E-state index contributed by atoms with van der Waals surface area (Å²) in [6.07, 6.45) is 0.713. The van der Waals surface area contributed by atoms with Crippen LogP contribution in [0.4, 0.5) is 0 Å². The van der Waals surface area contributed by atoms with Crippen LogP contribution in [-0.4, -0.2) is 8.80 Å². The van der Waals surface area contributed by atoms with Crippen LogP contribution in [-0.2, 0) is 11.8 Å². The first-order chi connectivity index (χ1) is 38.2. The molecule has 0 saturated heterocycles. The van der Waals surface area contributed by atoms with Gasteiger partial charge in [-0.2, -0.15) is 0 Å². The fraction of sp³-hybridized carbons (Fsp3) is 0.0685. The molecule has 17 rings (SSSR count). The van der Waals surface area contributed by atoms with Crippen molar-refractivity contribution >= 4 is 107 Å². The highest BCUT2D eigenvalue weighted by molar-refractivity contribution is 7.25. The summed E-state index contributed by atoms with van der Waals surface area (Å²) in [5.41, 5.74) is 19.2. The average molecular weight is 1020 g/mol. The molecule has 1 aliphatic rings. The molecule has 0 spiro atoms. The zero-order chi connectivity index (χ0) is 51.9. The van der Waals surface area contributed by atoms with Gasteiger partial charge in [-0.05, 0) is 175 Å². The van der Waals surface area contributed by atoms with Crippen LogP contribution in [0.25, 0.3) is 141 Å². The lowest BCUT2D eigenvalue weighted by molar-refractivity contribution is 0.659. The highest BCUT2D eigenvalue weighted by Gasteiger charge is 2.37. The fourth-order valence-electron chi connectivity index (χ4n) is 14.1. The van der Waals surface area contributed by atoms with Crippen LogP contribution in [0.3, 0.4) is 0 Å². The molecule has 0 atom stereocenters. The predicted octanol–water partition coefficient (Wildman–Crippen LogP) is 18.3. The Labute approximate surface area is 451 Å². The highest BCUT2D eigenvalue weighted by Crippen LogP contribution is 2.52. The van der Waals surface area contributed by atoms with Gasteiger partial charge in [-0.25, -0.2) is 0 Å². The maximum atomic E-state index is 15.1. The van der Waals surface area contributed by atoms with E-state index in [0.717, 1.165) is 92.8 Å². The normalized spacial score (nSPS) is 13.3. The van der Waals surface area contributed by atoms with E-state index < -0.39 is 0 Å². The van der Waals surface area contributed by atoms with Crippen molar-refractivity contribution < 1.29 is 0 Å². The molecule has 11 aromatic carbocycles. The molecule has 5 heterocycles. The van der Waals surface area contributed by atoms with Crippen molar-refractivity contribution in [2.24, 2.45) is 0 Å². The molecule has 0 amide bonds. The van der Waals surface area contributed by atoms with E-state index in [1.165, 1.54) is 70.2 Å². The minimum absolute atomic E-state index is 0.000561. The number of aromatic nitrogens is 2. The summed E-state index contributed by atoms with van der Waals surface area (Å²) in [7, 11) is 0. The van der Waals surface area contributed by atoms with Crippen LogP contribution < -0.4 is 11.1 Å². The number of para-hydroxylation sites is 2. The van der Waals surface area contributed by atoms with Crippen molar-refractivity contribution in [3.05, 3.63) is 261 Å². The van der Waals surface area contributed by atoms with Gasteiger partial charge in [-0.1, -0.05) is 147 Å². The monoisotopic (exact) mass is 1010 g/mol. The molecule has 0 bridgehead atoms. The average Bonchev–Trinajstić information content (AvgIpc) is 4.09. The number of fused-ring (bicyclic) bond motifs is 16. The van der Waals surface area contributed by atoms with Gasteiger partial charge in [-0.15, -0.1) is 11.3 Å². The van der Waals surface area contributed by atoms with E-state index in [2.05, 4.69) is 203 Å². The van der Waals surface area contributed by atoms with Crippen molar-refractivity contribution in [2.45, 2.75) is 32.6 Å². The second-order valence-corrected chi connectivity index (χ2v) is 23.4. The summed E-state index contributed by atoms with van der Waals surface area (Å²) in [6.45, 7) is 6.93. The van der Waals surface area contributed by atoms with Crippen LogP contribution >= 0.6 is 11.3 Å². The minimum Gasteiger partial charge on any atom is -0.275 e. The largest absolute Gasteiger partial charge is 0.275 e. The first-order valence-electron chi connectivity index (χ1n) is 26.9. The Bertz CT molecular complexity index is 5460. The first-order valence-corrected chi connectivity index (χ1v) is 27.7. The Morgan fingerprint density at radius 2 is 0.885 bits per heavy atom. The molecule has 4 nitrogen and oxygen atoms in total. The molecule has 78 heavy (non-hydrogen) atoms. The highest BCUT2D eigenvalue weighted by atomic mass is 32.1. The number of hydrogen-bond acceptors (Lipinski definition) is 3. The van der Waals surface area contributed by atoms with E-state index in [4.69, 9.17) is 0 Å². The second kappa shape index (κ2) is 15.6. The van der Waals surface area contributed by atoms with E-state index in [9.17, 15) is 4.79 Å². The molecule has 0 unspecified atom stereocenters. The van der Waals surface area contributed by atoms with Gasteiger partial charge in [0.15, 0.2) is 0 Å². The minimum atomic E-state index is -0.278. The van der Waals surface area contributed by atoms with Gasteiger partial charge in [0.1, 0.15) is 0 Å². The Kier molecular flexibility index (Phi) is 8.76. The number of pyridine rings is 2. The van der Waals surface area contributed by atoms with Crippen LogP contribution in [0.1, 0.15) is 41.7 Å². The molecule has 0 aliphatic heterocycles. The Morgan fingerprint density at radius 1 is 0.372 bits per heavy atom. The summed E-state index contributed by atoms with van der Waals surface area (Å²) in [6, 6.07) is 76.7. The quantitative estimate of drug-likeness (QED) is 0.161. The van der Waals surface area contributed by atoms with Gasteiger partial charge < -0.3 is 0 Å². The van der Waals surface area contributed by atoms with Crippen molar-refractivity contribution in [3.8, 4) is 44.5 Å². The standard InChI is InChI=1S/C73H46N2O2S/c1-40-14-4-5-15-47(40)54-39-56-55-33-43(25-28-63(55)73(2,3)64(56)38-46(54)30-41-31-58-48-16-6-7-20-53(48)71(76)74-65-21-11-8-17-50(65)59(32-41)69(58)74)42-24-27-49-60-36-45(44-26-29-68-57(34-44)52-19-10-13-23-67(52)78-68)37-61-51-18-9-12-22-66(51)75(70(60)61)72(77)62(49)35-42/h4-29,31-39H,30H2,1-3H3. The Balaban J connectivity index is 0.830. The smallest absolute Gasteiger partial charge is 0.263 e. The molecule has 0 radical (unpaired) electrons. The van der Waals surface area contributed by atoms with Gasteiger partial charge in [0.05, 0.1) is 22.1 Å². The fourth-order valence-corrected chi connectivity index (χ4v) is 15.1. The maximum Gasteiger partial charge on any atom is 0.263 e. The van der Waals surface area contributed by atoms with E-state index in [0.29, 0.717) is 11.8 Å². The van der Waals surface area contributed by atoms with E-state index >= 15 is 4.79 Å². The van der Waals surface area contributed by atoms with Crippen LogP contribution in [0.2, 0.25) is 0 Å². The molecular weight excluding hydrogens is 969 g/mol. The van der Waals surface area contributed by atoms with Gasteiger partial charge >= 0.3 is 0 Å². The van der Waals surface area contributed by atoms with Crippen molar-refractivity contribution in [3.63, 3.8) is 0 Å². The van der Waals surface area contributed by atoms with E-state index in [1.807, 2.05) is 50.5 Å². The topological polar surface area (TPSA) is 43.0 Å². The summed E-state index contributed by atoms with van der Waals surface area (Å²) < 4.78 is 6.47. The molecule has 366 valence electrons. The molecule has 0 saturated carbocycles.